The van der Waals surface area contributed by atoms with Crippen molar-refractivity contribution in [1.29, 1.82) is 0 Å². The van der Waals surface area contributed by atoms with Crippen molar-refractivity contribution in [2.24, 2.45) is 5.41 Å². The number of ether oxygens (including phenoxy) is 3. The summed E-state index contributed by atoms with van der Waals surface area (Å²) in [6, 6.07) is 13.8. The smallest absolute Gasteiger partial charge is 1.00 e. The van der Waals surface area contributed by atoms with Gasteiger partial charge in [-0.3, -0.25) is 19.4 Å². The molecule has 1 aliphatic carbocycles. The summed E-state index contributed by atoms with van der Waals surface area (Å²) >= 11 is 0. The second kappa shape index (κ2) is 13.4. The van der Waals surface area contributed by atoms with E-state index >= 15 is 4.39 Å². The van der Waals surface area contributed by atoms with E-state index in [4.69, 9.17) is 19.3 Å². The van der Waals surface area contributed by atoms with E-state index in [0.717, 1.165) is 6.07 Å². The molecule has 0 spiro atoms. The van der Waals surface area contributed by atoms with Gasteiger partial charge >= 0.3 is 35.5 Å². The number of pyridine rings is 1. The van der Waals surface area contributed by atoms with Crippen LogP contribution in [0.25, 0.3) is 10.9 Å². The van der Waals surface area contributed by atoms with Crippen molar-refractivity contribution in [3.05, 3.63) is 78.5 Å². The average molecular weight is 602 g/mol. The SMILES string of the molecule is COc1cc2c(Oc3ccc(NC(=O)C4(C(=O)Nc5ccc(F)cc5)CC4)cc3F)ccnc2cc1OCCC(=O)O.[H-].[Na+]. The van der Waals surface area contributed by atoms with Crippen LogP contribution in [0.1, 0.15) is 20.7 Å². The molecule has 1 heterocycles. The number of aromatic nitrogens is 1. The molecule has 0 saturated heterocycles. The summed E-state index contributed by atoms with van der Waals surface area (Å²) < 4.78 is 45.0. The van der Waals surface area contributed by atoms with Crippen molar-refractivity contribution in [1.82, 2.24) is 4.98 Å². The molecular weight excluding hydrogens is 575 g/mol. The molecule has 1 aliphatic rings. The molecular formula is C30H26F2N3NaO7. The molecule has 43 heavy (non-hydrogen) atoms. The van der Waals surface area contributed by atoms with E-state index < -0.39 is 34.8 Å². The third-order valence-corrected chi connectivity index (χ3v) is 6.69. The van der Waals surface area contributed by atoms with Crippen LogP contribution in [0, 0.1) is 17.0 Å². The van der Waals surface area contributed by atoms with Gasteiger partial charge in [0.25, 0.3) is 0 Å². The van der Waals surface area contributed by atoms with Crippen molar-refractivity contribution in [2.45, 2.75) is 19.3 Å². The number of benzene rings is 3. The maximum absolute atomic E-state index is 15.1. The number of aliphatic carboxylic acids is 1. The zero-order chi connectivity index (χ0) is 29.9. The molecule has 0 unspecified atom stereocenters. The van der Waals surface area contributed by atoms with Gasteiger partial charge in [0.15, 0.2) is 23.1 Å². The number of hydrogen-bond acceptors (Lipinski definition) is 7. The topological polar surface area (TPSA) is 136 Å². The van der Waals surface area contributed by atoms with E-state index in [1.54, 1.807) is 18.2 Å². The van der Waals surface area contributed by atoms with Gasteiger partial charge in [0.2, 0.25) is 11.8 Å². The van der Waals surface area contributed by atoms with Crippen molar-refractivity contribution in [2.75, 3.05) is 24.4 Å². The van der Waals surface area contributed by atoms with Gasteiger partial charge in [0, 0.05) is 35.1 Å². The number of carbonyl (C=O) groups is 3. The van der Waals surface area contributed by atoms with Crippen LogP contribution in [-0.2, 0) is 14.4 Å². The molecule has 2 amide bonds. The normalized spacial score (nSPS) is 12.9. The number of amides is 2. The van der Waals surface area contributed by atoms with E-state index in [9.17, 15) is 18.8 Å². The van der Waals surface area contributed by atoms with E-state index in [0.29, 0.717) is 40.9 Å². The van der Waals surface area contributed by atoms with E-state index in [1.165, 1.54) is 49.7 Å². The summed E-state index contributed by atoms with van der Waals surface area (Å²) in [7, 11) is 1.42. The molecule has 3 aromatic carbocycles. The molecule has 0 aliphatic heterocycles. The van der Waals surface area contributed by atoms with E-state index in [-0.39, 0.29) is 61.2 Å². The van der Waals surface area contributed by atoms with Crippen LogP contribution >= 0.6 is 0 Å². The van der Waals surface area contributed by atoms with Gasteiger partial charge in [-0.15, -0.1) is 0 Å². The third kappa shape index (κ3) is 7.22. The Morgan fingerprint density at radius 1 is 0.907 bits per heavy atom. The number of rotatable bonds is 11. The summed E-state index contributed by atoms with van der Waals surface area (Å²) in [5.74, 6) is -2.59. The zero-order valence-electron chi connectivity index (χ0n) is 24.3. The molecule has 0 bridgehead atoms. The van der Waals surface area contributed by atoms with Crippen molar-refractivity contribution >= 4 is 40.1 Å². The van der Waals surface area contributed by atoms with Gasteiger partial charge in [0.05, 0.1) is 25.7 Å². The number of methoxy groups -OCH3 is 1. The van der Waals surface area contributed by atoms with Gasteiger partial charge in [-0.05, 0) is 61.4 Å². The first-order valence-corrected chi connectivity index (χ1v) is 12.9. The van der Waals surface area contributed by atoms with Crippen LogP contribution in [0.4, 0.5) is 20.2 Å². The zero-order valence-corrected chi connectivity index (χ0v) is 25.3. The molecule has 10 nitrogen and oxygen atoms in total. The van der Waals surface area contributed by atoms with E-state index in [1.807, 2.05) is 0 Å². The largest absolute Gasteiger partial charge is 1.00 e. The molecule has 1 fully saturated rings. The molecule has 13 heteroatoms. The number of carboxylic acid groups (broad SMARTS) is 1. The number of anilines is 2. The number of hydrogen-bond donors (Lipinski definition) is 3. The summed E-state index contributed by atoms with van der Waals surface area (Å²) in [6.07, 6.45) is 1.91. The maximum Gasteiger partial charge on any atom is 1.00 e. The Kier molecular flexibility index (Phi) is 9.84. The average Bonchev–Trinajstić information content (AvgIpc) is 3.78. The number of carboxylic acids is 1. The van der Waals surface area contributed by atoms with Crippen molar-refractivity contribution in [3.63, 3.8) is 0 Å². The number of fused-ring (bicyclic) bond motifs is 1. The van der Waals surface area contributed by atoms with Crippen LogP contribution in [0.2, 0.25) is 0 Å². The maximum atomic E-state index is 15.1. The van der Waals surface area contributed by atoms with Crippen molar-refractivity contribution in [3.8, 4) is 23.0 Å². The predicted octanol–water partition coefficient (Wildman–Crippen LogP) is 2.64. The Morgan fingerprint density at radius 2 is 1.58 bits per heavy atom. The molecule has 1 saturated carbocycles. The van der Waals surface area contributed by atoms with Crippen molar-refractivity contribution < 1.29 is 73.5 Å². The Morgan fingerprint density at radius 3 is 2.21 bits per heavy atom. The molecule has 218 valence electrons. The first kappa shape index (κ1) is 31.7. The van der Waals surface area contributed by atoms with Gasteiger partial charge in [-0.25, -0.2) is 8.78 Å². The summed E-state index contributed by atoms with van der Waals surface area (Å²) in [4.78, 5) is 40.8. The van der Waals surface area contributed by atoms with E-state index in [2.05, 4.69) is 15.6 Å². The summed E-state index contributed by atoms with van der Waals surface area (Å²) in [5, 5.41) is 14.5. The second-order valence-corrected chi connectivity index (χ2v) is 9.57. The first-order valence-electron chi connectivity index (χ1n) is 12.9. The molecule has 5 rings (SSSR count). The summed E-state index contributed by atoms with van der Waals surface area (Å²) in [6.45, 7) is -0.0679. The minimum absolute atomic E-state index is 0. The fraction of sp³-hybridized carbons (Fsp3) is 0.200. The monoisotopic (exact) mass is 601 g/mol. The van der Waals surface area contributed by atoms with Gasteiger partial charge in [-0.2, -0.15) is 0 Å². The molecule has 0 atom stereocenters. The number of halogens is 2. The Bertz CT molecular complexity index is 1690. The number of nitrogens with one attached hydrogen (secondary N) is 2. The third-order valence-electron chi connectivity index (χ3n) is 6.69. The Balaban J connectivity index is 0.00000264. The fourth-order valence-corrected chi connectivity index (χ4v) is 4.23. The Labute approximate surface area is 268 Å². The quantitative estimate of drug-likeness (QED) is 0.176. The van der Waals surface area contributed by atoms with Gasteiger partial charge in [-0.1, -0.05) is 0 Å². The summed E-state index contributed by atoms with van der Waals surface area (Å²) in [5.41, 5.74) is -0.367. The standard InChI is InChI=1S/C30H25F2N3O7.Na.H/c1-40-25-15-20-22(16-26(25)41-13-9-27(36)37)33-12-8-23(20)42-24-7-6-19(14-21(24)32)35-29(39)30(10-11-30)28(38)34-18-4-2-17(31)3-5-18;;/h2-8,12,14-16H,9-11,13H2,1H3,(H,34,38)(H,35,39)(H,36,37);;/q;+1;-1. The minimum Gasteiger partial charge on any atom is -1.00 e. The van der Waals surface area contributed by atoms with Gasteiger partial charge in [0.1, 0.15) is 17.0 Å². The number of nitrogens with zero attached hydrogens (tertiary/aromatic N) is 1. The fourth-order valence-electron chi connectivity index (χ4n) is 4.23. The number of carbonyl (C=O) groups excluding carboxylic acids is 2. The molecule has 1 aromatic heterocycles. The predicted molar refractivity (Wildman–Crippen MR) is 149 cm³/mol. The molecule has 4 aromatic rings. The van der Waals surface area contributed by atoms with Gasteiger partial charge < -0.3 is 31.4 Å². The minimum atomic E-state index is -1.30. The molecule has 3 N–H and O–H groups in total. The van der Waals surface area contributed by atoms with Crippen LogP contribution in [0.5, 0.6) is 23.0 Å². The Hall–Kier alpha value is -4.26. The molecule has 0 radical (unpaired) electrons. The van der Waals surface area contributed by atoms with Crippen LogP contribution in [-0.4, -0.2) is 41.6 Å². The first-order chi connectivity index (χ1) is 20.2. The van der Waals surface area contributed by atoms with Crippen LogP contribution < -0.4 is 54.4 Å². The second-order valence-electron chi connectivity index (χ2n) is 9.57. The van der Waals surface area contributed by atoms with Crippen LogP contribution in [0.3, 0.4) is 0 Å². The van der Waals surface area contributed by atoms with Crippen LogP contribution in [0.15, 0.2) is 66.9 Å².